The predicted molar refractivity (Wildman–Crippen MR) is 41.5 cm³/mol. The topological polar surface area (TPSA) is 3.24 Å². The Bertz CT molecular complexity index is 105. The fourth-order valence-electron chi connectivity index (χ4n) is 1.05. The maximum Gasteiger partial charge on any atom is 0.673 e. The van der Waals surface area contributed by atoms with Crippen LogP contribution in [0.5, 0.6) is 0 Å². The lowest BCUT2D eigenvalue weighted by Gasteiger charge is -2.20. The molecule has 0 saturated carbocycles. The third kappa shape index (κ3) is 12.4. The lowest BCUT2D eigenvalue weighted by Crippen LogP contribution is -2.24. The van der Waals surface area contributed by atoms with Crippen LogP contribution in [0.2, 0.25) is 0 Å². The third-order valence-corrected chi connectivity index (χ3v) is 1.58. The summed E-state index contributed by atoms with van der Waals surface area (Å²) >= 11 is 0. The van der Waals surface area contributed by atoms with Gasteiger partial charge in [-0.1, -0.05) is 6.42 Å². The van der Waals surface area contributed by atoms with Gasteiger partial charge in [-0.2, -0.15) is 0 Å². The summed E-state index contributed by atoms with van der Waals surface area (Å²) in [6.45, 7) is 2.64. The number of likely N-dealkylation sites (tertiary alicyclic amines) is 1. The second-order valence-electron chi connectivity index (χ2n) is 2.86. The summed E-state index contributed by atoms with van der Waals surface area (Å²) in [5.41, 5.74) is 0. The summed E-state index contributed by atoms with van der Waals surface area (Å²) in [6.07, 6.45) is 4.28. The number of piperidine rings is 1. The molecule has 1 rings (SSSR count). The molecule has 0 N–H and O–H groups in total. The van der Waals surface area contributed by atoms with Gasteiger partial charge in [-0.15, -0.1) is 0 Å². The van der Waals surface area contributed by atoms with Crippen LogP contribution in [0.25, 0.3) is 0 Å². The summed E-state index contributed by atoms with van der Waals surface area (Å²) in [4.78, 5) is 2.39. The van der Waals surface area contributed by atoms with Crippen LogP contribution in [0, 0.1) is 0 Å². The molecule has 0 aromatic carbocycles. The van der Waals surface area contributed by atoms with Crippen LogP contribution in [0.3, 0.4) is 0 Å². The Hall–Kier alpha value is -0.255. The van der Waals surface area contributed by atoms with Gasteiger partial charge >= 0.3 is 7.25 Å². The highest BCUT2D eigenvalue weighted by atomic mass is 19.5. The van der Waals surface area contributed by atoms with Gasteiger partial charge in [0.15, 0.2) is 0 Å². The minimum atomic E-state index is -6.00. The van der Waals surface area contributed by atoms with Crippen LogP contribution in [0.1, 0.15) is 19.3 Å². The van der Waals surface area contributed by atoms with E-state index in [9.17, 15) is 17.3 Å². The molecular formula is C6H13BF4N-. The van der Waals surface area contributed by atoms with E-state index in [1.165, 1.54) is 32.4 Å². The van der Waals surface area contributed by atoms with Gasteiger partial charge in [0.2, 0.25) is 0 Å². The molecule has 0 unspecified atom stereocenters. The Morgan fingerprint density at radius 2 is 1.25 bits per heavy atom. The van der Waals surface area contributed by atoms with Gasteiger partial charge in [0.1, 0.15) is 0 Å². The minimum Gasteiger partial charge on any atom is -0.418 e. The molecule has 1 fully saturated rings. The normalized spacial score (nSPS) is 19.8. The SMILES string of the molecule is CN1CCCCC1.F[B-](F)(F)F. The molecule has 1 heterocycles. The molecule has 0 radical (unpaired) electrons. The first kappa shape index (κ1) is 11.7. The van der Waals surface area contributed by atoms with Crippen LogP contribution in [0.15, 0.2) is 0 Å². The Kier molecular flexibility index (Phi) is 5.29. The molecule has 0 aromatic rings. The van der Waals surface area contributed by atoms with Crippen molar-refractivity contribution in [2.75, 3.05) is 20.1 Å². The summed E-state index contributed by atoms with van der Waals surface area (Å²) < 4.78 is 39.0. The van der Waals surface area contributed by atoms with E-state index in [1.54, 1.807) is 0 Å². The van der Waals surface area contributed by atoms with Gasteiger partial charge in [0, 0.05) is 0 Å². The Balaban J connectivity index is 0.000000217. The van der Waals surface area contributed by atoms with E-state index in [0.29, 0.717) is 0 Å². The summed E-state index contributed by atoms with van der Waals surface area (Å²) in [5.74, 6) is 0. The Morgan fingerprint density at radius 3 is 1.42 bits per heavy atom. The highest BCUT2D eigenvalue weighted by molar-refractivity contribution is 6.50. The van der Waals surface area contributed by atoms with Crippen LogP contribution in [0.4, 0.5) is 17.3 Å². The first-order chi connectivity index (χ1) is 5.39. The van der Waals surface area contributed by atoms with Crippen LogP contribution < -0.4 is 0 Å². The third-order valence-electron chi connectivity index (χ3n) is 1.58. The van der Waals surface area contributed by atoms with Gasteiger partial charge in [0.25, 0.3) is 0 Å². The number of hydrogen-bond donors (Lipinski definition) is 0. The predicted octanol–water partition coefficient (Wildman–Crippen LogP) is 2.40. The van der Waals surface area contributed by atoms with Crippen LogP contribution in [-0.4, -0.2) is 32.3 Å². The zero-order valence-corrected chi connectivity index (χ0v) is 7.07. The van der Waals surface area contributed by atoms with E-state index in [4.69, 9.17) is 0 Å². The zero-order chi connectivity index (χ0) is 9.61. The monoisotopic (exact) mass is 186 g/mol. The molecule has 0 aliphatic carbocycles. The summed E-state index contributed by atoms with van der Waals surface area (Å²) in [6, 6.07) is 0. The van der Waals surface area contributed by atoms with E-state index in [0.717, 1.165) is 0 Å². The lowest BCUT2D eigenvalue weighted by molar-refractivity contribution is 0.277. The average molecular weight is 186 g/mol. The van der Waals surface area contributed by atoms with Crippen molar-refractivity contribution in [2.45, 2.75) is 19.3 Å². The maximum absolute atomic E-state index is 9.75. The first-order valence-corrected chi connectivity index (χ1v) is 3.95. The Labute approximate surface area is 69.8 Å². The molecule has 74 valence electrons. The van der Waals surface area contributed by atoms with E-state index in [1.807, 2.05) is 0 Å². The van der Waals surface area contributed by atoms with Crippen LogP contribution >= 0.6 is 0 Å². The standard InChI is InChI=1S/C6H13N.BF4/c1-7-5-3-2-4-6-7;2-1(3,4)5/h2-6H2,1H3;/q;-1. The molecule has 0 bridgehead atoms. The van der Waals surface area contributed by atoms with Crippen molar-refractivity contribution in [3.8, 4) is 0 Å². The molecule has 1 aliphatic heterocycles. The van der Waals surface area contributed by atoms with Crippen molar-refractivity contribution in [2.24, 2.45) is 0 Å². The van der Waals surface area contributed by atoms with E-state index >= 15 is 0 Å². The summed E-state index contributed by atoms with van der Waals surface area (Å²) in [7, 11) is -3.81. The van der Waals surface area contributed by atoms with E-state index < -0.39 is 7.25 Å². The summed E-state index contributed by atoms with van der Waals surface area (Å²) in [5, 5.41) is 0. The van der Waals surface area contributed by atoms with Crippen LogP contribution in [-0.2, 0) is 0 Å². The van der Waals surface area contributed by atoms with Gasteiger partial charge in [0.05, 0.1) is 0 Å². The number of halogens is 4. The highest BCUT2D eigenvalue weighted by Crippen LogP contribution is 2.06. The fourth-order valence-corrected chi connectivity index (χ4v) is 1.05. The van der Waals surface area contributed by atoms with Gasteiger partial charge in [-0.05, 0) is 33.0 Å². The van der Waals surface area contributed by atoms with Gasteiger partial charge in [-0.25, -0.2) is 0 Å². The second-order valence-corrected chi connectivity index (χ2v) is 2.86. The second kappa shape index (κ2) is 5.40. The molecule has 12 heavy (non-hydrogen) atoms. The zero-order valence-electron chi connectivity index (χ0n) is 7.07. The number of nitrogens with zero attached hydrogens (tertiary/aromatic N) is 1. The van der Waals surface area contributed by atoms with Crippen molar-refractivity contribution < 1.29 is 17.3 Å². The van der Waals surface area contributed by atoms with Crippen molar-refractivity contribution in [1.29, 1.82) is 0 Å². The van der Waals surface area contributed by atoms with Crippen molar-refractivity contribution in [1.82, 2.24) is 4.90 Å². The average Bonchev–Trinajstić information content (AvgIpc) is 1.85. The molecule has 0 spiro atoms. The van der Waals surface area contributed by atoms with Crippen molar-refractivity contribution in [3.05, 3.63) is 0 Å². The van der Waals surface area contributed by atoms with Gasteiger partial charge in [-0.3, -0.25) is 0 Å². The van der Waals surface area contributed by atoms with Crippen molar-refractivity contribution in [3.63, 3.8) is 0 Å². The largest absolute Gasteiger partial charge is 0.673 e. The molecule has 0 amide bonds. The molecule has 1 saturated heterocycles. The number of hydrogen-bond acceptors (Lipinski definition) is 1. The smallest absolute Gasteiger partial charge is 0.418 e. The number of rotatable bonds is 0. The maximum atomic E-state index is 9.75. The molecule has 1 nitrogen and oxygen atoms in total. The molecule has 6 heteroatoms. The van der Waals surface area contributed by atoms with E-state index in [-0.39, 0.29) is 0 Å². The molecule has 0 aromatic heterocycles. The van der Waals surface area contributed by atoms with E-state index in [2.05, 4.69) is 11.9 Å². The minimum absolute atomic E-state index is 1.32. The highest BCUT2D eigenvalue weighted by Gasteiger charge is 2.20. The molecule has 0 atom stereocenters. The lowest BCUT2D eigenvalue weighted by atomic mass is 10.1. The Morgan fingerprint density at radius 1 is 0.917 bits per heavy atom. The quantitative estimate of drug-likeness (QED) is 0.414. The molecular weight excluding hydrogens is 173 g/mol. The van der Waals surface area contributed by atoms with Gasteiger partial charge < -0.3 is 22.2 Å². The fraction of sp³-hybridized carbons (Fsp3) is 1.00. The van der Waals surface area contributed by atoms with Crippen molar-refractivity contribution >= 4 is 7.25 Å². The first-order valence-electron chi connectivity index (χ1n) is 3.95. The molecule has 1 aliphatic rings.